The molecule has 0 radical (unpaired) electrons. The Hall–Kier alpha value is -9.38. The van der Waals surface area contributed by atoms with Crippen molar-refractivity contribution < 1.29 is 4.42 Å². The Labute approximate surface area is 404 Å². The Bertz CT molecular complexity index is 4270. The Kier molecular flexibility index (Phi) is 9.17. The van der Waals surface area contributed by atoms with Gasteiger partial charge in [-0.05, 0) is 149 Å². The maximum absolute atomic E-state index is 6.17. The van der Waals surface area contributed by atoms with Gasteiger partial charge in [-0.25, -0.2) is 0 Å². The molecule has 3 aromatic heterocycles. The average molecular weight is 894 g/mol. The van der Waals surface area contributed by atoms with E-state index in [2.05, 4.69) is 263 Å². The van der Waals surface area contributed by atoms with Crippen molar-refractivity contribution in [1.29, 1.82) is 0 Å². The fraction of sp³-hybridized carbons (Fsp3) is 0. The van der Waals surface area contributed by atoms with Gasteiger partial charge in [0.2, 0.25) is 0 Å². The lowest BCUT2D eigenvalue weighted by Crippen LogP contribution is -2.10. The molecular weight excluding hydrogens is 851 g/mol. The molecule has 70 heavy (non-hydrogen) atoms. The molecular formula is C66H43N3O. The van der Waals surface area contributed by atoms with Gasteiger partial charge in [0.05, 0.1) is 22.1 Å². The van der Waals surface area contributed by atoms with E-state index in [0.29, 0.717) is 0 Å². The van der Waals surface area contributed by atoms with Gasteiger partial charge >= 0.3 is 0 Å². The Morgan fingerprint density at radius 3 is 1.23 bits per heavy atom. The summed E-state index contributed by atoms with van der Waals surface area (Å²) in [7, 11) is 0. The van der Waals surface area contributed by atoms with Crippen LogP contribution in [0.15, 0.2) is 265 Å². The quantitative estimate of drug-likeness (QED) is 0.152. The van der Waals surface area contributed by atoms with Gasteiger partial charge in [-0.2, -0.15) is 0 Å². The number of benzene rings is 11. The molecule has 328 valence electrons. The molecule has 0 amide bonds. The summed E-state index contributed by atoms with van der Waals surface area (Å²) in [6.07, 6.45) is 0. The van der Waals surface area contributed by atoms with Gasteiger partial charge in [0, 0.05) is 60.8 Å². The number of rotatable bonds is 8. The van der Waals surface area contributed by atoms with E-state index in [1.54, 1.807) is 0 Å². The zero-order chi connectivity index (χ0) is 46.1. The van der Waals surface area contributed by atoms with Crippen molar-refractivity contribution in [3.63, 3.8) is 0 Å². The van der Waals surface area contributed by atoms with Crippen molar-refractivity contribution in [3.05, 3.63) is 261 Å². The Morgan fingerprint density at radius 1 is 0.243 bits per heavy atom. The minimum atomic E-state index is 0.899. The number of hydrogen-bond acceptors (Lipinski definition) is 2. The molecule has 0 unspecified atom stereocenters. The van der Waals surface area contributed by atoms with Crippen LogP contribution in [-0.2, 0) is 0 Å². The maximum atomic E-state index is 6.17. The smallest absolute Gasteiger partial charge is 0.135 e. The predicted molar refractivity (Wildman–Crippen MR) is 293 cm³/mol. The first-order valence-corrected chi connectivity index (χ1v) is 23.9. The van der Waals surface area contributed by atoms with Gasteiger partial charge in [0.25, 0.3) is 0 Å². The maximum Gasteiger partial charge on any atom is 0.135 e. The van der Waals surface area contributed by atoms with E-state index in [4.69, 9.17) is 4.42 Å². The summed E-state index contributed by atoms with van der Waals surface area (Å²) in [5.41, 5.74) is 19.1. The number of hydrogen-bond donors (Lipinski definition) is 0. The van der Waals surface area contributed by atoms with Crippen LogP contribution in [-0.4, -0.2) is 9.13 Å². The summed E-state index contributed by atoms with van der Waals surface area (Å²) < 4.78 is 10.9. The van der Waals surface area contributed by atoms with Crippen molar-refractivity contribution in [3.8, 4) is 44.8 Å². The number of aromatic nitrogens is 2. The van der Waals surface area contributed by atoms with Crippen molar-refractivity contribution in [2.24, 2.45) is 0 Å². The van der Waals surface area contributed by atoms with Gasteiger partial charge in [0.15, 0.2) is 0 Å². The zero-order valence-corrected chi connectivity index (χ0v) is 38.1. The fourth-order valence-corrected chi connectivity index (χ4v) is 10.8. The molecule has 4 nitrogen and oxygen atoms in total. The number of anilines is 3. The van der Waals surface area contributed by atoms with Crippen LogP contribution < -0.4 is 4.90 Å². The highest BCUT2D eigenvalue weighted by Gasteiger charge is 2.18. The molecule has 14 aromatic rings. The van der Waals surface area contributed by atoms with Crippen LogP contribution in [0.25, 0.3) is 110 Å². The van der Waals surface area contributed by atoms with Crippen LogP contribution in [0, 0.1) is 0 Å². The topological polar surface area (TPSA) is 26.2 Å². The first-order valence-electron chi connectivity index (χ1n) is 23.9. The lowest BCUT2D eigenvalue weighted by Gasteiger charge is -2.26. The molecule has 0 N–H and O–H groups in total. The normalized spacial score (nSPS) is 11.7. The zero-order valence-electron chi connectivity index (χ0n) is 38.1. The number of fused-ring (bicyclic) bond motifs is 9. The molecule has 11 aromatic carbocycles. The molecule has 4 heteroatoms. The highest BCUT2D eigenvalue weighted by Crippen LogP contribution is 2.42. The van der Waals surface area contributed by atoms with Gasteiger partial charge in [0.1, 0.15) is 11.2 Å². The summed E-state index contributed by atoms with van der Waals surface area (Å²) in [6, 6.07) is 94.3. The van der Waals surface area contributed by atoms with Crippen molar-refractivity contribution >= 4 is 82.6 Å². The summed E-state index contributed by atoms with van der Waals surface area (Å²) in [5.74, 6) is 0. The second-order valence-corrected chi connectivity index (χ2v) is 18.1. The third-order valence-corrected chi connectivity index (χ3v) is 14.1. The van der Waals surface area contributed by atoms with Crippen molar-refractivity contribution in [2.45, 2.75) is 0 Å². The first kappa shape index (κ1) is 39.8. The summed E-state index contributed by atoms with van der Waals surface area (Å²) >= 11 is 0. The molecule has 0 aliphatic carbocycles. The fourth-order valence-electron chi connectivity index (χ4n) is 10.8. The number of para-hydroxylation sites is 5. The summed E-state index contributed by atoms with van der Waals surface area (Å²) in [6.45, 7) is 0. The Balaban J connectivity index is 0.870. The monoisotopic (exact) mass is 893 g/mol. The van der Waals surface area contributed by atoms with Gasteiger partial charge < -0.3 is 18.5 Å². The molecule has 0 atom stereocenters. The van der Waals surface area contributed by atoms with Gasteiger partial charge in [-0.15, -0.1) is 0 Å². The average Bonchev–Trinajstić information content (AvgIpc) is 4.09. The molecule has 0 fully saturated rings. The highest BCUT2D eigenvalue weighted by atomic mass is 16.3. The molecule has 0 aliphatic heterocycles. The molecule has 0 saturated carbocycles. The largest absolute Gasteiger partial charge is 0.456 e. The lowest BCUT2D eigenvalue weighted by molar-refractivity contribution is 0.669. The predicted octanol–water partition coefficient (Wildman–Crippen LogP) is 18.3. The van der Waals surface area contributed by atoms with Crippen molar-refractivity contribution in [2.75, 3.05) is 4.90 Å². The number of furan rings is 1. The Morgan fingerprint density at radius 2 is 0.657 bits per heavy atom. The molecule has 0 bridgehead atoms. The van der Waals surface area contributed by atoms with Crippen LogP contribution in [0.5, 0.6) is 0 Å². The van der Waals surface area contributed by atoms with Crippen LogP contribution in [0.4, 0.5) is 17.1 Å². The lowest BCUT2D eigenvalue weighted by atomic mass is 10.00. The molecule has 3 heterocycles. The third-order valence-electron chi connectivity index (χ3n) is 14.1. The second-order valence-electron chi connectivity index (χ2n) is 18.1. The molecule has 0 aliphatic rings. The SMILES string of the molecule is c1ccc(-n2c3ccccc3c3cc(-c4ccc(N(c5ccc(-c6ccc7oc8ccccc8c7c6)cc5)c5cccc(-c6ccc7c(c6)c6ccccc6n7-c6ccccc6)c5)cc4)ccc32)cc1. The van der Waals surface area contributed by atoms with Crippen LogP contribution >= 0.6 is 0 Å². The van der Waals surface area contributed by atoms with E-state index < -0.39 is 0 Å². The molecule has 14 rings (SSSR count). The first-order chi connectivity index (χ1) is 34.7. The molecule has 0 saturated heterocycles. The van der Waals surface area contributed by atoms with Crippen LogP contribution in [0.3, 0.4) is 0 Å². The third kappa shape index (κ3) is 6.53. The van der Waals surface area contributed by atoms with E-state index >= 15 is 0 Å². The minimum Gasteiger partial charge on any atom is -0.456 e. The standard InChI is InChI=1S/C66H43N3O/c1-3-15-50(16-4-1)68-61-23-10-7-20-55(61)58-41-47(30-37-63(58)68)44-26-33-52(34-27-44)67(53-35-28-45(29-36-53)48-32-39-66-60(43-48)57-22-9-12-25-65(57)70-66)54-19-13-14-46(40-54)49-31-38-64-59(42-49)56-21-8-11-24-62(56)69(64)51-17-5-2-6-18-51/h1-43H. The van der Waals surface area contributed by atoms with E-state index in [0.717, 1.165) is 72.6 Å². The van der Waals surface area contributed by atoms with Crippen LogP contribution in [0.2, 0.25) is 0 Å². The van der Waals surface area contributed by atoms with Gasteiger partial charge in [-0.1, -0.05) is 146 Å². The molecule has 0 spiro atoms. The second kappa shape index (κ2) is 16.2. The number of nitrogens with zero attached hydrogens (tertiary/aromatic N) is 3. The van der Waals surface area contributed by atoms with Crippen molar-refractivity contribution in [1.82, 2.24) is 9.13 Å². The summed E-state index contributed by atoms with van der Waals surface area (Å²) in [5, 5.41) is 7.21. The minimum absolute atomic E-state index is 0.899. The van der Waals surface area contributed by atoms with E-state index in [9.17, 15) is 0 Å². The van der Waals surface area contributed by atoms with E-state index in [1.165, 1.54) is 54.7 Å². The van der Waals surface area contributed by atoms with E-state index in [1.807, 2.05) is 12.1 Å². The van der Waals surface area contributed by atoms with Gasteiger partial charge in [-0.3, -0.25) is 0 Å². The van der Waals surface area contributed by atoms with E-state index in [-0.39, 0.29) is 0 Å². The summed E-state index contributed by atoms with van der Waals surface area (Å²) in [4.78, 5) is 2.38. The van der Waals surface area contributed by atoms with Crippen LogP contribution in [0.1, 0.15) is 0 Å². The highest BCUT2D eigenvalue weighted by molar-refractivity contribution is 6.12.